The second-order valence-corrected chi connectivity index (χ2v) is 12.7. The van der Waals surface area contributed by atoms with Gasteiger partial charge in [0.1, 0.15) is 0 Å². The number of carboxylic acid groups (broad SMARTS) is 1. The number of carbonyl (C=O) groups excluding carboxylic acids is 1. The first-order chi connectivity index (χ1) is 18.4. The van der Waals surface area contributed by atoms with Crippen molar-refractivity contribution in [1.29, 1.82) is 0 Å². The van der Waals surface area contributed by atoms with Crippen molar-refractivity contribution in [2.45, 2.75) is 64.1 Å². The molecule has 4 atom stereocenters. The maximum atomic E-state index is 12.3. The Morgan fingerprint density at radius 1 is 1.07 bits per heavy atom. The van der Waals surface area contributed by atoms with Crippen LogP contribution in [0.1, 0.15) is 89.9 Å². The van der Waals surface area contributed by atoms with E-state index in [-0.39, 0.29) is 67.3 Å². The number of ether oxygens (including phenoxy) is 1. The third kappa shape index (κ3) is 12.7. The molecule has 216 valence electrons. The Balaban J connectivity index is 0.000000482. The summed E-state index contributed by atoms with van der Waals surface area (Å²) in [7, 11) is -2.23. The molecule has 0 saturated heterocycles. The van der Waals surface area contributed by atoms with Crippen molar-refractivity contribution < 1.29 is 52.9 Å². The molecule has 5 N–H and O–H groups in total. The van der Waals surface area contributed by atoms with E-state index in [0.29, 0.717) is 5.56 Å². The minimum absolute atomic E-state index is 0. The van der Waals surface area contributed by atoms with E-state index < -0.39 is 19.4 Å². The predicted octanol–water partition coefficient (Wildman–Crippen LogP) is 1.11. The van der Waals surface area contributed by atoms with Crippen molar-refractivity contribution in [3.05, 3.63) is 70.8 Å². The van der Waals surface area contributed by atoms with Gasteiger partial charge in [0.15, 0.2) is 0 Å². The summed E-state index contributed by atoms with van der Waals surface area (Å²) in [6.45, 7) is 3.87. The molecule has 0 heterocycles. The number of carbonyl (C=O) groups is 2. The molecular weight excluding hydrogens is 526 g/mol. The quantitative estimate of drug-likeness (QED) is 0.177. The number of aliphatic hydroxyl groups is 1. The third-order valence-corrected chi connectivity index (χ3v) is 8.93. The number of benzene rings is 2. The van der Waals surface area contributed by atoms with Crippen LogP contribution in [-0.2, 0) is 9.30 Å². The first kappa shape index (κ1) is 36.1. The minimum atomic E-state index is -3.59. The van der Waals surface area contributed by atoms with E-state index in [1.807, 2.05) is 19.9 Å². The van der Waals surface area contributed by atoms with Crippen molar-refractivity contribution in [3.8, 4) is 0 Å². The van der Waals surface area contributed by atoms with Gasteiger partial charge in [0.2, 0.25) is 0 Å². The van der Waals surface area contributed by atoms with E-state index >= 15 is 0 Å². The van der Waals surface area contributed by atoms with Crippen molar-refractivity contribution in [1.82, 2.24) is 5.32 Å². The zero-order chi connectivity index (χ0) is 29.0. The minimum Gasteiger partial charge on any atom is -0.799 e. The van der Waals surface area contributed by atoms with Crippen molar-refractivity contribution in [2.24, 2.45) is 11.7 Å². The molecule has 1 aliphatic rings. The van der Waals surface area contributed by atoms with Crippen LogP contribution in [0, 0.1) is 5.92 Å². The molecule has 0 amide bonds. The average molecular weight is 569 g/mol. The number of esters is 1. The largest absolute Gasteiger partial charge is 1.00 e. The van der Waals surface area contributed by atoms with Crippen molar-refractivity contribution in [3.63, 3.8) is 0 Å². The molecule has 0 spiro atoms. The van der Waals surface area contributed by atoms with E-state index in [2.05, 4.69) is 10.1 Å². The predicted molar refractivity (Wildman–Crippen MR) is 150 cm³/mol. The third-order valence-electron chi connectivity index (χ3n) is 6.88. The molecule has 2 aromatic carbocycles. The second kappa shape index (κ2) is 17.8. The molecule has 0 bridgehead atoms. The Kier molecular flexibility index (Phi) is 16.0. The molecule has 11 heteroatoms. The van der Waals surface area contributed by atoms with Gasteiger partial charge in [0.05, 0.1) is 24.3 Å². The van der Waals surface area contributed by atoms with Crippen molar-refractivity contribution >= 4 is 19.3 Å². The fourth-order valence-electron chi connectivity index (χ4n) is 4.66. The monoisotopic (exact) mass is 568 g/mol. The van der Waals surface area contributed by atoms with Crippen LogP contribution >= 0.6 is 7.37 Å². The molecule has 9 nitrogen and oxygen atoms in total. The topological polar surface area (TPSA) is 162 Å². The summed E-state index contributed by atoms with van der Waals surface area (Å²) in [4.78, 5) is 34.5. The number of hydrogen-bond donors (Lipinski definition) is 4. The van der Waals surface area contributed by atoms with Crippen LogP contribution in [0.25, 0.3) is 0 Å². The first-order valence-corrected chi connectivity index (χ1v) is 15.4. The van der Waals surface area contributed by atoms with Crippen LogP contribution in [0.2, 0.25) is 0 Å². The fourth-order valence-corrected chi connectivity index (χ4v) is 6.73. The standard InChI is InChI=1S/C19H30NO5P.C10H13NO2.Li/c1-14(16-8-5-9-17(10-16)19(22)23)20-11-18(21)13-26(24,25)12-15-6-3-2-4-7-15;1-7(11)8-4-3-5-9(6-8)10(12)13-2;/h5,8-10,14-15,18,20-21H,2-4,6-7,11-13H2,1H3,(H,22,23)(H,24,25);3-7H,11H2,1-2H3;/q;;+1/p-1/t14?,18-;;/m0../s1. The van der Waals surface area contributed by atoms with Gasteiger partial charge in [-0.1, -0.05) is 56.4 Å². The Morgan fingerprint density at radius 2 is 1.65 bits per heavy atom. The summed E-state index contributed by atoms with van der Waals surface area (Å²) in [5.41, 5.74) is 8.13. The maximum Gasteiger partial charge on any atom is 1.00 e. The van der Waals surface area contributed by atoms with E-state index in [1.165, 1.54) is 19.6 Å². The van der Waals surface area contributed by atoms with Gasteiger partial charge in [-0.05, 0) is 61.3 Å². The van der Waals surface area contributed by atoms with Crippen LogP contribution in [0.3, 0.4) is 0 Å². The van der Waals surface area contributed by atoms with Gasteiger partial charge in [0, 0.05) is 32.2 Å². The Morgan fingerprint density at radius 3 is 2.23 bits per heavy atom. The van der Waals surface area contributed by atoms with Crippen LogP contribution in [0.5, 0.6) is 0 Å². The molecule has 1 aliphatic carbocycles. The van der Waals surface area contributed by atoms with E-state index in [4.69, 9.17) is 10.8 Å². The van der Waals surface area contributed by atoms with Gasteiger partial charge in [0.25, 0.3) is 0 Å². The molecule has 40 heavy (non-hydrogen) atoms. The van der Waals surface area contributed by atoms with Gasteiger partial charge in [-0.3, -0.25) is 0 Å². The van der Waals surface area contributed by atoms with E-state index in [0.717, 1.165) is 36.8 Å². The zero-order valence-corrected chi connectivity index (χ0v) is 24.9. The number of carboxylic acids is 1. The number of hydrogen-bond acceptors (Lipinski definition) is 8. The summed E-state index contributed by atoms with van der Waals surface area (Å²) in [6, 6.07) is 13.5. The molecular formula is C29H42LiN2O7P. The molecule has 3 rings (SSSR count). The first-order valence-electron chi connectivity index (χ1n) is 13.4. The number of aromatic carboxylic acids is 1. The second-order valence-electron chi connectivity index (χ2n) is 10.3. The average Bonchev–Trinajstić information content (AvgIpc) is 2.91. The molecule has 0 aromatic heterocycles. The van der Waals surface area contributed by atoms with Crippen LogP contribution in [0.15, 0.2) is 48.5 Å². The number of nitrogens with one attached hydrogen (secondary N) is 1. The maximum absolute atomic E-state index is 12.3. The summed E-state index contributed by atoms with van der Waals surface area (Å²) in [6.07, 6.45) is 4.34. The Bertz CT molecular complexity index is 1130. The van der Waals surface area contributed by atoms with Crippen molar-refractivity contribution in [2.75, 3.05) is 26.0 Å². The van der Waals surface area contributed by atoms with Gasteiger partial charge in [-0.2, -0.15) is 0 Å². The molecule has 3 unspecified atom stereocenters. The van der Waals surface area contributed by atoms with Gasteiger partial charge in [-0.15, -0.1) is 0 Å². The van der Waals surface area contributed by atoms with E-state index in [1.54, 1.807) is 36.4 Å². The van der Waals surface area contributed by atoms with E-state index in [9.17, 15) is 24.2 Å². The van der Waals surface area contributed by atoms with Gasteiger partial charge >= 0.3 is 30.8 Å². The van der Waals surface area contributed by atoms with Gasteiger partial charge in [-0.25, -0.2) is 9.59 Å². The van der Waals surface area contributed by atoms with Crippen LogP contribution in [-0.4, -0.2) is 54.2 Å². The SMILES string of the molecule is CC(NC[C@H](O)CP(=O)([O-])CC1CCCCC1)c1cccc(C(=O)O)c1.COC(=O)c1cccc(C(C)N)c1.[Li+]. The zero-order valence-electron chi connectivity index (χ0n) is 24.0. The molecule has 1 fully saturated rings. The Labute approximate surface area is 249 Å². The molecule has 1 saturated carbocycles. The van der Waals surface area contributed by atoms with Crippen LogP contribution in [0.4, 0.5) is 0 Å². The molecule has 2 aromatic rings. The van der Waals surface area contributed by atoms with Crippen LogP contribution < -0.4 is 34.8 Å². The normalized spacial score (nSPS) is 17.1. The fraction of sp³-hybridized carbons (Fsp3) is 0.517. The number of rotatable bonds is 11. The molecule has 0 radical (unpaired) electrons. The summed E-state index contributed by atoms with van der Waals surface area (Å²) in [5.74, 6) is -1.08. The summed E-state index contributed by atoms with van der Waals surface area (Å²) >= 11 is 0. The van der Waals surface area contributed by atoms with Gasteiger partial charge < -0.3 is 35.5 Å². The smallest absolute Gasteiger partial charge is 0.799 e. The summed E-state index contributed by atoms with van der Waals surface area (Å²) in [5, 5.41) is 22.3. The number of methoxy groups -OCH3 is 1. The molecule has 0 aliphatic heterocycles. The Hall–Kier alpha value is -1.95. The number of aliphatic hydroxyl groups excluding tert-OH is 1. The summed E-state index contributed by atoms with van der Waals surface area (Å²) < 4.78 is 16.9. The number of nitrogens with two attached hydrogens (primary N) is 1.